The lowest BCUT2D eigenvalue weighted by Gasteiger charge is -2.10. The molecular formula is C13H15NO2. The molecule has 0 atom stereocenters. The summed E-state index contributed by atoms with van der Waals surface area (Å²) >= 11 is 0. The molecule has 3 nitrogen and oxygen atoms in total. The van der Waals surface area contributed by atoms with Gasteiger partial charge in [-0.1, -0.05) is 0 Å². The van der Waals surface area contributed by atoms with E-state index in [9.17, 15) is 0 Å². The van der Waals surface area contributed by atoms with E-state index in [-0.39, 0.29) is 0 Å². The second kappa shape index (κ2) is 5.22. The highest BCUT2D eigenvalue weighted by Crippen LogP contribution is 2.29. The van der Waals surface area contributed by atoms with Crippen LogP contribution in [0.2, 0.25) is 0 Å². The van der Waals surface area contributed by atoms with Crippen LogP contribution in [0.3, 0.4) is 0 Å². The molecule has 84 valence electrons. The van der Waals surface area contributed by atoms with Crippen molar-refractivity contribution in [1.29, 1.82) is 5.26 Å². The van der Waals surface area contributed by atoms with E-state index >= 15 is 0 Å². The maximum Gasteiger partial charge on any atom is 0.126 e. The summed E-state index contributed by atoms with van der Waals surface area (Å²) in [7, 11) is 3.24. The standard InChI is InChI=1S/C13H15NO2/c1-9(8-14)5-11-7-12(15-3)10(2)6-13(11)16-4/h5-7H,1-4H3. The van der Waals surface area contributed by atoms with Gasteiger partial charge in [-0.2, -0.15) is 5.26 Å². The molecule has 3 heteroatoms. The molecule has 0 aromatic heterocycles. The fourth-order valence-electron chi connectivity index (χ4n) is 1.45. The fourth-order valence-corrected chi connectivity index (χ4v) is 1.45. The van der Waals surface area contributed by atoms with Crippen molar-refractivity contribution in [2.45, 2.75) is 13.8 Å². The maximum absolute atomic E-state index is 8.75. The number of ether oxygens (including phenoxy) is 2. The molecule has 16 heavy (non-hydrogen) atoms. The third-order valence-corrected chi connectivity index (χ3v) is 2.30. The molecule has 0 N–H and O–H groups in total. The minimum Gasteiger partial charge on any atom is -0.496 e. The first kappa shape index (κ1) is 12.1. The van der Waals surface area contributed by atoms with Gasteiger partial charge in [-0.25, -0.2) is 0 Å². The van der Waals surface area contributed by atoms with E-state index < -0.39 is 0 Å². The van der Waals surface area contributed by atoms with Gasteiger partial charge in [0.25, 0.3) is 0 Å². The number of methoxy groups -OCH3 is 2. The number of rotatable bonds is 3. The van der Waals surface area contributed by atoms with Crippen LogP contribution in [0.15, 0.2) is 17.7 Å². The third-order valence-electron chi connectivity index (χ3n) is 2.30. The number of hydrogen-bond acceptors (Lipinski definition) is 3. The molecule has 0 fully saturated rings. The van der Waals surface area contributed by atoms with E-state index in [1.807, 2.05) is 19.1 Å². The second-order valence-electron chi connectivity index (χ2n) is 3.50. The van der Waals surface area contributed by atoms with Gasteiger partial charge >= 0.3 is 0 Å². The smallest absolute Gasteiger partial charge is 0.126 e. The van der Waals surface area contributed by atoms with Crippen molar-refractivity contribution < 1.29 is 9.47 Å². The fraction of sp³-hybridized carbons (Fsp3) is 0.308. The van der Waals surface area contributed by atoms with Crippen LogP contribution in [0.4, 0.5) is 0 Å². The van der Waals surface area contributed by atoms with E-state index in [1.54, 1.807) is 27.2 Å². The monoisotopic (exact) mass is 217 g/mol. The largest absolute Gasteiger partial charge is 0.496 e. The summed E-state index contributed by atoms with van der Waals surface area (Å²) in [6.07, 6.45) is 1.78. The minimum atomic E-state index is 0.629. The van der Waals surface area contributed by atoms with Crippen molar-refractivity contribution in [3.63, 3.8) is 0 Å². The first-order valence-electron chi connectivity index (χ1n) is 4.93. The molecule has 1 rings (SSSR count). The van der Waals surface area contributed by atoms with Gasteiger partial charge in [-0.3, -0.25) is 0 Å². The molecule has 0 aliphatic carbocycles. The van der Waals surface area contributed by atoms with Crippen molar-refractivity contribution in [3.8, 4) is 17.6 Å². The summed E-state index contributed by atoms with van der Waals surface area (Å²) in [5, 5.41) is 8.75. The van der Waals surface area contributed by atoms with Gasteiger partial charge in [0.15, 0.2) is 0 Å². The highest BCUT2D eigenvalue weighted by Gasteiger charge is 2.06. The Bertz CT molecular complexity index is 456. The Morgan fingerprint density at radius 3 is 2.38 bits per heavy atom. The van der Waals surface area contributed by atoms with Crippen molar-refractivity contribution >= 4 is 6.08 Å². The van der Waals surface area contributed by atoms with Crippen LogP contribution in [-0.4, -0.2) is 14.2 Å². The average molecular weight is 217 g/mol. The number of hydrogen-bond donors (Lipinski definition) is 0. The van der Waals surface area contributed by atoms with Crippen molar-refractivity contribution in [2.75, 3.05) is 14.2 Å². The summed E-state index contributed by atoms with van der Waals surface area (Å²) in [5.41, 5.74) is 2.49. The molecule has 0 aliphatic heterocycles. The van der Waals surface area contributed by atoms with Gasteiger partial charge in [0.1, 0.15) is 11.5 Å². The summed E-state index contributed by atoms with van der Waals surface area (Å²) in [4.78, 5) is 0. The van der Waals surface area contributed by atoms with Crippen LogP contribution < -0.4 is 9.47 Å². The van der Waals surface area contributed by atoms with Crippen molar-refractivity contribution in [2.24, 2.45) is 0 Å². The lowest BCUT2D eigenvalue weighted by molar-refractivity contribution is 0.400. The summed E-state index contributed by atoms with van der Waals surface area (Å²) in [6.45, 7) is 3.71. The van der Waals surface area contributed by atoms with Crippen molar-refractivity contribution in [1.82, 2.24) is 0 Å². The molecule has 0 unspecified atom stereocenters. The van der Waals surface area contributed by atoms with Crippen LogP contribution in [0.25, 0.3) is 6.08 Å². The number of nitrogens with zero attached hydrogens (tertiary/aromatic N) is 1. The summed E-state index contributed by atoms with van der Waals surface area (Å²) in [5.74, 6) is 1.53. The molecular weight excluding hydrogens is 202 g/mol. The molecule has 0 bridgehead atoms. The first-order valence-corrected chi connectivity index (χ1v) is 4.93. The van der Waals surface area contributed by atoms with Crippen LogP contribution in [-0.2, 0) is 0 Å². The minimum absolute atomic E-state index is 0.629. The number of benzene rings is 1. The SMILES string of the molecule is COc1cc(C=C(C)C#N)c(OC)cc1C. The van der Waals surface area contributed by atoms with E-state index in [0.29, 0.717) is 5.57 Å². The maximum atomic E-state index is 8.75. The Kier molecular flexibility index (Phi) is 3.96. The predicted molar refractivity (Wildman–Crippen MR) is 63.5 cm³/mol. The molecule has 0 amide bonds. The molecule has 0 radical (unpaired) electrons. The topological polar surface area (TPSA) is 42.2 Å². The third kappa shape index (κ3) is 2.54. The molecule has 1 aromatic rings. The number of nitriles is 1. The van der Waals surface area contributed by atoms with Crippen LogP contribution in [0.1, 0.15) is 18.1 Å². The Labute approximate surface area is 95.9 Å². The van der Waals surface area contributed by atoms with Gasteiger partial charge in [0.2, 0.25) is 0 Å². The summed E-state index contributed by atoms with van der Waals surface area (Å²) in [6, 6.07) is 5.85. The van der Waals surface area contributed by atoms with E-state index in [2.05, 4.69) is 6.07 Å². The Balaban J connectivity index is 3.32. The second-order valence-corrected chi connectivity index (χ2v) is 3.50. The molecule has 0 saturated carbocycles. The molecule has 1 aromatic carbocycles. The van der Waals surface area contributed by atoms with Gasteiger partial charge in [0, 0.05) is 11.1 Å². The van der Waals surface area contributed by atoms with Crippen LogP contribution in [0, 0.1) is 18.3 Å². The quantitative estimate of drug-likeness (QED) is 0.731. The highest BCUT2D eigenvalue weighted by atomic mass is 16.5. The van der Waals surface area contributed by atoms with Gasteiger partial charge < -0.3 is 9.47 Å². The normalized spacial score (nSPS) is 10.8. The lowest BCUT2D eigenvalue weighted by atomic mass is 10.1. The first-order chi connectivity index (χ1) is 7.62. The average Bonchev–Trinajstić information content (AvgIpc) is 2.30. The van der Waals surface area contributed by atoms with E-state index in [4.69, 9.17) is 14.7 Å². The van der Waals surface area contributed by atoms with E-state index in [0.717, 1.165) is 22.6 Å². The van der Waals surface area contributed by atoms with Gasteiger partial charge in [-0.05, 0) is 37.6 Å². The predicted octanol–water partition coefficient (Wildman–Crippen LogP) is 2.94. The van der Waals surface area contributed by atoms with E-state index in [1.165, 1.54) is 0 Å². The zero-order chi connectivity index (χ0) is 12.1. The van der Waals surface area contributed by atoms with Crippen LogP contribution in [0.5, 0.6) is 11.5 Å². The summed E-state index contributed by atoms with van der Waals surface area (Å²) < 4.78 is 10.5. The Hall–Kier alpha value is -1.95. The lowest BCUT2D eigenvalue weighted by Crippen LogP contribution is -1.93. The molecule has 0 heterocycles. The Morgan fingerprint density at radius 2 is 1.88 bits per heavy atom. The molecule has 0 saturated heterocycles. The zero-order valence-electron chi connectivity index (χ0n) is 10.00. The van der Waals surface area contributed by atoms with Crippen molar-refractivity contribution in [3.05, 3.63) is 28.8 Å². The highest BCUT2D eigenvalue weighted by molar-refractivity contribution is 5.65. The number of allylic oxidation sites excluding steroid dienone is 1. The molecule has 0 aliphatic rings. The van der Waals surface area contributed by atoms with Gasteiger partial charge in [0.05, 0.1) is 20.3 Å². The molecule has 0 spiro atoms. The van der Waals surface area contributed by atoms with Crippen LogP contribution >= 0.6 is 0 Å². The Morgan fingerprint density at radius 1 is 1.25 bits per heavy atom. The van der Waals surface area contributed by atoms with Gasteiger partial charge in [-0.15, -0.1) is 0 Å². The number of aryl methyl sites for hydroxylation is 1. The zero-order valence-corrected chi connectivity index (χ0v) is 10.00.